The molecule has 0 saturated carbocycles. The molecule has 0 radical (unpaired) electrons. The molecule has 0 amide bonds. The predicted molar refractivity (Wildman–Crippen MR) is 109 cm³/mol. The van der Waals surface area contributed by atoms with Crippen LogP contribution in [0.2, 0.25) is 5.02 Å². The lowest BCUT2D eigenvalue weighted by molar-refractivity contribution is -0.192. The molecule has 0 unspecified atom stereocenters. The maximum Gasteiger partial charge on any atom is 0.490 e. The van der Waals surface area contributed by atoms with Gasteiger partial charge in [-0.05, 0) is 54.8 Å². The van der Waals surface area contributed by atoms with Gasteiger partial charge < -0.3 is 20.3 Å². The van der Waals surface area contributed by atoms with Gasteiger partial charge in [0.2, 0.25) is 0 Å². The van der Waals surface area contributed by atoms with Crippen molar-refractivity contribution in [1.82, 2.24) is 5.32 Å². The van der Waals surface area contributed by atoms with Crippen molar-refractivity contribution < 1.29 is 37.7 Å². The van der Waals surface area contributed by atoms with Crippen LogP contribution in [0.5, 0.6) is 5.75 Å². The molecule has 0 saturated heterocycles. The molecule has 0 fully saturated rings. The van der Waals surface area contributed by atoms with Crippen molar-refractivity contribution >= 4 is 23.5 Å². The van der Waals surface area contributed by atoms with E-state index in [1.54, 1.807) is 0 Å². The van der Waals surface area contributed by atoms with Crippen molar-refractivity contribution in [2.45, 2.75) is 32.0 Å². The summed E-state index contributed by atoms with van der Waals surface area (Å²) in [4.78, 5) is 19.3. The molecule has 10 heteroatoms. The van der Waals surface area contributed by atoms with Crippen LogP contribution in [0.4, 0.5) is 13.2 Å². The van der Waals surface area contributed by atoms with Gasteiger partial charge in [0.25, 0.3) is 0 Å². The number of carbonyl (C=O) groups is 2. The molecule has 6 nitrogen and oxygen atoms in total. The van der Waals surface area contributed by atoms with E-state index in [0.717, 1.165) is 35.7 Å². The third-order valence-electron chi connectivity index (χ3n) is 3.79. The molecule has 0 bridgehead atoms. The largest absolute Gasteiger partial charge is 0.490 e. The van der Waals surface area contributed by atoms with Crippen molar-refractivity contribution in [3.63, 3.8) is 0 Å². The van der Waals surface area contributed by atoms with E-state index in [9.17, 15) is 18.0 Å². The van der Waals surface area contributed by atoms with Gasteiger partial charge in [0.05, 0.1) is 6.42 Å². The van der Waals surface area contributed by atoms with Gasteiger partial charge in [0.1, 0.15) is 12.4 Å². The van der Waals surface area contributed by atoms with Crippen LogP contribution in [0.25, 0.3) is 0 Å². The van der Waals surface area contributed by atoms with E-state index in [0.29, 0.717) is 13.2 Å². The van der Waals surface area contributed by atoms with Crippen molar-refractivity contribution in [3.8, 4) is 5.75 Å². The Balaban J connectivity index is 0.000000592. The van der Waals surface area contributed by atoms with Crippen LogP contribution in [0.15, 0.2) is 48.5 Å². The monoisotopic (exact) mass is 461 g/mol. The fourth-order valence-electron chi connectivity index (χ4n) is 2.28. The zero-order chi connectivity index (χ0) is 23.3. The van der Waals surface area contributed by atoms with Gasteiger partial charge in [0.15, 0.2) is 0 Å². The number of halogens is 4. The highest BCUT2D eigenvalue weighted by molar-refractivity contribution is 6.30. The Morgan fingerprint density at radius 2 is 1.65 bits per heavy atom. The molecule has 0 aromatic heterocycles. The molecule has 170 valence electrons. The Kier molecular flexibility index (Phi) is 11.4. The number of alkyl halides is 3. The number of aryl methyl sites for hydroxylation is 1. The normalized spacial score (nSPS) is 10.7. The number of nitrogens with one attached hydrogen (secondary N) is 1. The Morgan fingerprint density at radius 1 is 1.00 bits per heavy atom. The minimum absolute atomic E-state index is 0.161. The Hall–Kier alpha value is -2.78. The lowest BCUT2D eigenvalue weighted by atomic mass is 10.1. The first-order chi connectivity index (χ1) is 14.6. The number of carboxylic acids is 2. The topological polar surface area (TPSA) is 95.9 Å². The second-order valence-electron chi connectivity index (χ2n) is 6.36. The predicted octanol–water partition coefficient (Wildman–Crippen LogP) is 4.55. The van der Waals surface area contributed by atoms with E-state index < -0.39 is 18.1 Å². The molecule has 0 spiro atoms. The SMILES string of the molecule is O=C(O)C(F)(F)F.O=C(O)CCNCCCc1cccc(OCc2ccc(Cl)cc2)c1. The number of hydrogen-bond donors (Lipinski definition) is 3. The Bertz CT molecular complexity index is 829. The summed E-state index contributed by atoms with van der Waals surface area (Å²) in [7, 11) is 0. The van der Waals surface area contributed by atoms with Crippen LogP contribution in [0, 0.1) is 0 Å². The highest BCUT2D eigenvalue weighted by Gasteiger charge is 2.38. The van der Waals surface area contributed by atoms with Gasteiger partial charge in [-0.15, -0.1) is 0 Å². The van der Waals surface area contributed by atoms with E-state index in [1.165, 1.54) is 5.56 Å². The number of carboxylic acid groups (broad SMARTS) is 2. The first kappa shape index (κ1) is 26.3. The molecule has 2 rings (SSSR count). The zero-order valence-electron chi connectivity index (χ0n) is 16.5. The van der Waals surface area contributed by atoms with Gasteiger partial charge in [-0.3, -0.25) is 4.79 Å². The molecule has 0 aliphatic rings. The van der Waals surface area contributed by atoms with E-state index in [-0.39, 0.29) is 6.42 Å². The first-order valence-electron chi connectivity index (χ1n) is 9.26. The number of hydrogen-bond acceptors (Lipinski definition) is 4. The standard InChI is InChI=1S/C19H22ClNO3.C2HF3O2/c20-17-8-6-16(7-9-17)14-24-18-5-1-3-15(13-18)4-2-11-21-12-10-19(22)23;3-2(4,5)1(6)7/h1,3,5-9,13,21H,2,4,10-12,14H2,(H,22,23);(H,6,7). The molecule has 3 N–H and O–H groups in total. The minimum atomic E-state index is -5.08. The van der Waals surface area contributed by atoms with Crippen LogP contribution >= 0.6 is 11.6 Å². The quantitative estimate of drug-likeness (QED) is 0.449. The van der Waals surface area contributed by atoms with Crippen molar-refractivity contribution in [2.75, 3.05) is 13.1 Å². The number of aliphatic carboxylic acids is 2. The summed E-state index contributed by atoms with van der Waals surface area (Å²) in [5.41, 5.74) is 2.29. The molecule has 0 aliphatic heterocycles. The molecule has 2 aromatic rings. The second-order valence-corrected chi connectivity index (χ2v) is 6.80. The third-order valence-corrected chi connectivity index (χ3v) is 4.05. The van der Waals surface area contributed by atoms with Gasteiger partial charge in [-0.25, -0.2) is 4.79 Å². The second kappa shape index (κ2) is 13.5. The van der Waals surface area contributed by atoms with Crippen LogP contribution in [0.1, 0.15) is 24.0 Å². The van der Waals surface area contributed by atoms with Gasteiger partial charge in [-0.2, -0.15) is 13.2 Å². The van der Waals surface area contributed by atoms with Crippen LogP contribution < -0.4 is 10.1 Å². The molecular weight excluding hydrogens is 439 g/mol. The molecule has 2 aromatic carbocycles. The lowest BCUT2D eigenvalue weighted by Gasteiger charge is -2.09. The minimum Gasteiger partial charge on any atom is -0.489 e. The van der Waals surface area contributed by atoms with E-state index in [4.69, 9.17) is 31.3 Å². The first-order valence-corrected chi connectivity index (χ1v) is 9.64. The third kappa shape index (κ3) is 12.5. The van der Waals surface area contributed by atoms with Crippen molar-refractivity contribution in [3.05, 3.63) is 64.7 Å². The van der Waals surface area contributed by atoms with E-state index >= 15 is 0 Å². The highest BCUT2D eigenvalue weighted by Crippen LogP contribution is 2.17. The molecule has 0 heterocycles. The van der Waals surface area contributed by atoms with Gasteiger partial charge in [0, 0.05) is 11.6 Å². The average Bonchev–Trinajstić information content (AvgIpc) is 2.70. The fraction of sp³-hybridized carbons (Fsp3) is 0.333. The molecule has 31 heavy (non-hydrogen) atoms. The van der Waals surface area contributed by atoms with Gasteiger partial charge in [-0.1, -0.05) is 35.9 Å². The summed E-state index contributed by atoms with van der Waals surface area (Å²) in [6.07, 6.45) is -3.04. The summed E-state index contributed by atoms with van der Waals surface area (Å²) in [5, 5.41) is 19.5. The number of benzene rings is 2. The number of ether oxygens (including phenoxy) is 1. The zero-order valence-corrected chi connectivity index (χ0v) is 17.2. The number of rotatable bonds is 10. The average molecular weight is 462 g/mol. The maximum absolute atomic E-state index is 10.6. The Morgan fingerprint density at radius 3 is 2.23 bits per heavy atom. The lowest BCUT2D eigenvalue weighted by Crippen LogP contribution is -2.21. The van der Waals surface area contributed by atoms with Crippen molar-refractivity contribution in [2.24, 2.45) is 0 Å². The molecular formula is C21H23ClF3NO5. The smallest absolute Gasteiger partial charge is 0.489 e. The fourth-order valence-corrected chi connectivity index (χ4v) is 2.40. The van der Waals surface area contributed by atoms with Crippen LogP contribution in [0.3, 0.4) is 0 Å². The van der Waals surface area contributed by atoms with Crippen LogP contribution in [-0.4, -0.2) is 41.4 Å². The van der Waals surface area contributed by atoms with E-state index in [1.807, 2.05) is 42.5 Å². The van der Waals surface area contributed by atoms with E-state index in [2.05, 4.69) is 11.4 Å². The van der Waals surface area contributed by atoms with Crippen molar-refractivity contribution in [1.29, 1.82) is 0 Å². The summed E-state index contributed by atoms with van der Waals surface area (Å²) in [6, 6.07) is 15.7. The summed E-state index contributed by atoms with van der Waals surface area (Å²) in [5.74, 6) is -2.68. The maximum atomic E-state index is 10.6. The highest BCUT2D eigenvalue weighted by atomic mass is 35.5. The Labute approximate surface area is 182 Å². The summed E-state index contributed by atoms with van der Waals surface area (Å²) in [6.45, 7) is 1.83. The van der Waals surface area contributed by atoms with Gasteiger partial charge >= 0.3 is 18.1 Å². The summed E-state index contributed by atoms with van der Waals surface area (Å²) < 4.78 is 37.6. The molecule has 0 aliphatic carbocycles. The summed E-state index contributed by atoms with van der Waals surface area (Å²) >= 11 is 5.87. The van der Waals surface area contributed by atoms with Crippen LogP contribution in [-0.2, 0) is 22.6 Å². The molecule has 0 atom stereocenters.